The predicted molar refractivity (Wildman–Crippen MR) is 139 cm³/mol. The van der Waals surface area contributed by atoms with Crippen LogP contribution in [0.1, 0.15) is 33.5 Å². The van der Waals surface area contributed by atoms with Crippen molar-refractivity contribution in [1.82, 2.24) is 18.8 Å². The van der Waals surface area contributed by atoms with Gasteiger partial charge in [0.15, 0.2) is 11.4 Å². The van der Waals surface area contributed by atoms with Gasteiger partial charge in [-0.3, -0.25) is 0 Å². The zero-order valence-electron chi connectivity index (χ0n) is 20.7. The normalized spacial score (nSPS) is 10.7. The summed E-state index contributed by atoms with van der Waals surface area (Å²) in [6.45, 7) is 2.10. The number of aliphatic hydroxyl groups excluding tert-OH is 1. The highest BCUT2D eigenvalue weighted by Crippen LogP contribution is 2.22. The Morgan fingerprint density at radius 3 is 2.24 bits per heavy atom. The summed E-state index contributed by atoms with van der Waals surface area (Å²) in [7, 11) is 3.85. The molecule has 10 nitrogen and oxygen atoms in total. The molecule has 1 aromatic carbocycles. The first-order chi connectivity index (χ1) is 17.8. The van der Waals surface area contributed by atoms with E-state index in [1.807, 2.05) is 73.9 Å². The summed E-state index contributed by atoms with van der Waals surface area (Å²) in [6, 6.07) is 15.2. The lowest BCUT2D eigenvalue weighted by molar-refractivity contribution is 0.0519. The summed E-state index contributed by atoms with van der Waals surface area (Å²) >= 11 is 0. The Hall–Kier alpha value is -4.70. The van der Waals surface area contributed by atoms with Crippen LogP contribution in [0.5, 0.6) is 0 Å². The largest absolute Gasteiger partial charge is 0.476 e. The standard InChI is InChI=1S/C17H16N2O3.C10H11N3O2/c1-2-22-17(21)15-10-19-9-14(6-7-16(19)18-15)13-5-3-4-12(8-13)11-20;1-12(2)7-3-4-9-11-8(10(14)15)6-13(9)5-7/h3-10,20H,2,11H2,1H3;3-6H,1-2H3,(H,14,15). The van der Waals surface area contributed by atoms with Crippen molar-refractivity contribution in [3.63, 3.8) is 0 Å². The molecule has 0 aliphatic rings. The van der Waals surface area contributed by atoms with E-state index >= 15 is 0 Å². The number of carboxylic acids is 1. The van der Waals surface area contributed by atoms with Crippen LogP contribution >= 0.6 is 0 Å². The molecule has 4 aromatic heterocycles. The highest BCUT2D eigenvalue weighted by molar-refractivity contribution is 5.88. The molecule has 0 saturated heterocycles. The van der Waals surface area contributed by atoms with E-state index < -0.39 is 11.9 Å². The minimum absolute atomic E-state index is 0.00810. The molecule has 37 heavy (non-hydrogen) atoms. The topological polar surface area (TPSA) is 122 Å². The molecule has 0 aliphatic heterocycles. The van der Waals surface area contributed by atoms with E-state index in [1.54, 1.807) is 28.0 Å². The van der Waals surface area contributed by atoms with Crippen molar-refractivity contribution in [3.05, 3.63) is 90.3 Å². The Bertz CT molecular complexity index is 1570. The van der Waals surface area contributed by atoms with Crippen molar-refractivity contribution in [2.45, 2.75) is 13.5 Å². The van der Waals surface area contributed by atoms with Crippen molar-refractivity contribution in [1.29, 1.82) is 0 Å². The number of nitrogens with zero attached hydrogens (tertiary/aromatic N) is 5. The van der Waals surface area contributed by atoms with Gasteiger partial charge in [0.25, 0.3) is 0 Å². The summed E-state index contributed by atoms with van der Waals surface area (Å²) in [5, 5.41) is 18.0. The number of fused-ring (bicyclic) bond motifs is 2. The van der Waals surface area contributed by atoms with Crippen LogP contribution in [0.25, 0.3) is 22.4 Å². The lowest BCUT2D eigenvalue weighted by Crippen LogP contribution is -2.09. The van der Waals surface area contributed by atoms with Gasteiger partial charge in [-0.25, -0.2) is 19.6 Å². The third kappa shape index (κ3) is 5.76. The van der Waals surface area contributed by atoms with Crippen molar-refractivity contribution < 1.29 is 24.5 Å². The number of hydrogen-bond acceptors (Lipinski definition) is 7. The van der Waals surface area contributed by atoms with Crippen LogP contribution in [0.3, 0.4) is 0 Å². The minimum Gasteiger partial charge on any atom is -0.476 e. The van der Waals surface area contributed by atoms with E-state index in [0.29, 0.717) is 23.6 Å². The number of rotatable bonds is 6. The van der Waals surface area contributed by atoms with Crippen molar-refractivity contribution in [2.24, 2.45) is 0 Å². The Morgan fingerprint density at radius 2 is 1.57 bits per heavy atom. The fraction of sp³-hybridized carbons (Fsp3) is 0.185. The number of carbonyl (C=O) groups excluding carboxylic acids is 1. The van der Waals surface area contributed by atoms with Crippen LogP contribution in [0.2, 0.25) is 0 Å². The van der Waals surface area contributed by atoms with Crippen LogP contribution in [-0.2, 0) is 11.3 Å². The second kappa shape index (κ2) is 10.9. The first kappa shape index (κ1) is 25.4. The monoisotopic (exact) mass is 501 g/mol. The van der Waals surface area contributed by atoms with Gasteiger partial charge < -0.3 is 28.7 Å². The number of aliphatic hydroxyl groups is 1. The number of anilines is 1. The second-order valence-corrected chi connectivity index (χ2v) is 8.37. The molecule has 0 bridgehead atoms. The number of carbonyl (C=O) groups is 2. The molecule has 5 aromatic rings. The van der Waals surface area contributed by atoms with E-state index in [4.69, 9.17) is 9.84 Å². The van der Waals surface area contributed by atoms with Crippen molar-refractivity contribution >= 4 is 28.9 Å². The molecule has 0 aliphatic carbocycles. The smallest absolute Gasteiger partial charge is 0.358 e. The zero-order valence-corrected chi connectivity index (χ0v) is 20.7. The highest BCUT2D eigenvalue weighted by atomic mass is 16.5. The SMILES string of the molecule is CCOC(=O)c1cn2cc(-c3cccc(CO)c3)ccc2n1.CN(C)c1ccc2nc(C(=O)O)cn2c1. The average molecular weight is 502 g/mol. The number of imidazole rings is 2. The van der Waals surface area contributed by atoms with E-state index in [9.17, 15) is 14.7 Å². The molecule has 2 N–H and O–H groups in total. The van der Waals surface area contributed by atoms with Gasteiger partial charge in [-0.2, -0.15) is 0 Å². The Balaban J connectivity index is 0.000000186. The number of aromatic nitrogens is 4. The molecule has 0 atom stereocenters. The van der Waals surface area contributed by atoms with Gasteiger partial charge in [0, 0.05) is 38.9 Å². The number of ether oxygens (including phenoxy) is 1. The van der Waals surface area contributed by atoms with Crippen LogP contribution in [-0.4, -0.2) is 61.6 Å². The maximum atomic E-state index is 11.7. The van der Waals surface area contributed by atoms with E-state index in [0.717, 1.165) is 22.4 Å². The van der Waals surface area contributed by atoms with Gasteiger partial charge in [-0.15, -0.1) is 0 Å². The van der Waals surface area contributed by atoms with Crippen LogP contribution in [0.15, 0.2) is 73.3 Å². The first-order valence-electron chi connectivity index (χ1n) is 11.5. The molecule has 0 fully saturated rings. The fourth-order valence-electron chi connectivity index (χ4n) is 3.66. The number of hydrogen-bond donors (Lipinski definition) is 2. The van der Waals surface area contributed by atoms with Crippen LogP contribution < -0.4 is 4.90 Å². The lowest BCUT2D eigenvalue weighted by atomic mass is 10.1. The molecule has 190 valence electrons. The molecule has 0 amide bonds. The van der Waals surface area contributed by atoms with Crippen LogP contribution in [0.4, 0.5) is 5.69 Å². The van der Waals surface area contributed by atoms with E-state index in [-0.39, 0.29) is 12.3 Å². The quantitative estimate of drug-likeness (QED) is 0.337. The number of pyridine rings is 2. The second-order valence-electron chi connectivity index (χ2n) is 8.37. The molecule has 0 saturated carbocycles. The molecular formula is C27H27N5O5. The number of benzene rings is 1. The maximum absolute atomic E-state index is 11.7. The van der Waals surface area contributed by atoms with Gasteiger partial charge in [-0.1, -0.05) is 18.2 Å². The minimum atomic E-state index is -1.01. The summed E-state index contributed by atoms with van der Waals surface area (Å²) in [6.07, 6.45) is 6.91. The Morgan fingerprint density at radius 1 is 0.892 bits per heavy atom. The number of aromatic carboxylic acids is 1. The summed E-state index contributed by atoms with van der Waals surface area (Å²) in [5.74, 6) is -1.43. The molecule has 10 heteroatoms. The molecular weight excluding hydrogens is 474 g/mol. The van der Waals surface area contributed by atoms with E-state index in [1.165, 1.54) is 6.20 Å². The molecule has 0 radical (unpaired) electrons. The van der Waals surface area contributed by atoms with Gasteiger partial charge in [-0.05, 0) is 53.9 Å². The Labute approximate surface area is 213 Å². The Kier molecular flexibility index (Phi) is 7.49. The maximum Gasteiger partial charge on any atom is 0.358 e. The van der Waals surface area contributed by atoms with Crippen molar-refractivity contribution in [3.8, 4) is 11.1 Å². The van der Waals surface area contributed by atoms with Gasteiger partial charge in [0.1, 0.15) is 11.3 Å². The molecule has 0 spiro atoms. The fourth-order valence-corrected chi connectivity index (χ4v) is 3.66. The van der Waals surface area contributed by atoms with Gasteiger partial charge in [0.05, 0.1) is 18.9 Å². The first-order valence-corrected chi connectivity index (χ1v) is 11.5. The van der Waals surface area contributed by atoms with Gasteiger partial charge in [0.2, 0.25) is 0 Å². The highest BCUT2D eigenvalue weighted by Gasteiger charge is 2.12. The molecule has 4 heterocycles. The zero-order chi connectivity index (χ0) is 26.5. The van der Waals surface area contributed by atoms with Crippen LogP contribution in [0, 0.1) is 0 Å². The molecule has 5 rings (SSSR count). The predicted octanol–water partition coefficient (Wildman–Crippen LogP) is 3.77. The molecule has 0 unspecified atom stereocenters. The third-order valence-electron chi connectivity index (χ3n) is 5.55. The van der Waals surface area contributed by atoms with Gasteiger partial charge >= 0.3 is 11.9 Å². The van der Waals surface area contributed by atoms with E-state index in [2.05, 4.69) is 9.97 Å². The summed E-state index contributed by atoms with van der Waals surface area (Å²) < 4.78 is 8.47. The lowest BCUT2D eigenvalue weighted by Gasteiger charge is -2.11. The average Bonchev–Trinajstić information content (AvgIpc) is 3.53. The van der Waals surface area contributed by atoms with Crippen molar-refractivity contribution in [2.75, 3.05) is 25.6 Å². The summed E-state index contributed by atoms with van der Waals surface area (Å²) in [5.41, 5.74) is 5.51. The third-order valence-corrected chi connectivity index (χ3v) is 5.55. The number of carboxylic acid groups (broad SMARTS) is 1. The summed E-state index contributed by atoms with van der Waals surface area (Å²) in [4.78, 5) is 32.6. The number of esters is 1.